The van der Waals surface area contributed by atoms with Crippen molar-refractivity contribution in [1.82, 2.24) is 9.80 Å². The van der Waals surface area contributed by atoms with Crippen LogP contribution in [0.3, 0.4) is 0 Å². The van der Waals surface area contributed by atoms with Crippen LogP contribution in [0.1, 0.15) is 72.2 Å². The predicted octanol–water partition coefficient (Wildman–Crippen LogP) is 5.81. The number of methoxy groups -OCH3 is 2. The van der Waals surface area contributed by atoms with Gasteiger partial charge in [0.15, 0.2) is 29.8 Å². The smallest absolute Gasteiger partial charge is 0.258 e. The number of benzene rings is 4. The van der Waals surface area contributed by atoms with Gasteiger partial charge in [-0.05, 0) is 73.1 Å². The van der Waals surface area contributed by atoms with Crippen LogP contribution in [0.2, 0.25) is 5.04 Å². The number of phenols is 1. The number of ether oxygens (including phenoxy) is 5. The first kappa shape index (κ1) is 37.4. The Labute approximate surface area is 324 Å². The number of phenolic OH excluding ortho intramolecular Hbond substituents is 1. The fourth-order valence-corrected chi connectivity index (χ4v) is 14.1. The van der Waals surface area contributed by atoms with E-state index in [1.165, 1.54) is 0 Å². The van der Waals surface area contributed by atoms with Gasteiger partial charge in [-0.2, -0.15) is 5.26 Å². The molecule has 1 saturated heterocycles. The van der Waals surface area contributed by atoms with E-state index in [4.69, 9.17) is 23.7 Å². The van der Waals surface area contributed by atoms with E-state index in [0.29, 0.717) is 54.2 Å². The van der Waals surface area contributed by atoms with Crippen molar-refractivity contribution in [3.8, 4) is 34.8 Å². The molecule has 0 aromatic heterocycles. The lowest BCUT2D eigenvalue weighted by Gasteiger charge is -2.60. The first-order chi connectivity index (χ1) is 26.5. The van der Waals surface area contributed by atoms with Crippen molar-refractivity contribution >= 4 is 18.7 Å². The summed E-state index contributed by atoms with van der Waals surface area (Å²) in [5.74, 6) is 2.73. The minimum absolute atomic E-state index is 0.0565. The van der Waals surface area contributed by atoms with Crippen molar-refractivity contribution in [1.29, 1.82) is 5.26 Å². The van der Waals surface area contributed by atoms with Crippen molar-refractivity contribution in [2.75, 3.05) is 34.9 Å². The van der Waals surface area contributed by atoms with Crippen LogP contribution in [0.5, 0.6) is 28.7 Å². The highest BCUT2D eigenvalue weighted by atomic mass is 28.4. The summed E-state index contributed by atoms with van der Waals surface area (Å²) in [5.41, 5.74) is 5.47. The second-order valence-corrected chi connectivity index (χ2v) is 20.1. The Kier molecular flexibility index (Phi) is 9.63. The highest BCUT2D eigenvalue weighted by Gasteiger charge is 2.58. The van der Waals surface area contributed by atoms with Crippen molar-refractivity contribution in [2.24, 2.45) is 0 Å². The monoisotopic (exact) mass is 761 g/mol. The maximum Gasteiger partial charge on any atom is 0.258 e. The van der Waals surface area contributed by atoms with Gasteiger partial charge in [0.2, 0.25) is 6.79 Å². The summed E-state index contributed by atoms with van der Waals surface area (Å²) in [4.78, 5) is 17.9. The fraction of sp³-hybridized carbons (Fsp3) is 0.432. The quantitative estimate of drug-likeness (QED) is 0.152. The highest BCUT2D eigenvalue weighted by molar-refractivity contribution is 6.98. The van der Waals surface area contributed by atoms with Crippen LogP contribution in [0.25, 0.3) is 0 Å². The number of nitrogens with zero attached hydrogens (tertiary/aromatic N) is 3. The van der Waals surface area contributed by atoms with Crippen LogP contribution in [0.15, 0.2) is 66.7 Å². The molecule has 2 unspecified atom stereocenters. The van der Waals surface area contributed by atoms with Crippen LogP contribution in [0.4, 0.5) is 0 Å². The van der Waals surface area contributed by atoms with E-state index in [0.717, 1.165) is 38.2 Å². The Morgan fingerprint density at radius 3 is 2.20 bits per heavy atom. The zero-order valence-electron chi connectivity index (χ0n) is 32.8. The Hall–Kier alpha value is -4.57. The molecule has 1 fully saturated rings. The first-order valence-electron chi connectivity index (χ1n) is 19.2. The van der Waals surface area contributed by atoms with Gasteiger partial charge in [-0.25, -0.2) is 0 Å². The summed E-state index contributed by atoms with van der Waals surface area (Å²) in [6.07, 6.45) is 2.35. The molecule has 4 aliphatic rings. The van der Waals surface area contributed by atoms with E-state index in [9.17, 15) is 15.2 Å². The number of fused-ring (bicyclic) bond motifs is 9. The average Bonchev–Trinajstić information content (AvgIpc) is 3.69. The standard InChI is InChI=1S/C44H51N3O7Si/c1-26-20-28-21-33-35(23-45)47-32(18-19-44(3,4)55(49,29-14-10-8-11-15-29)30-16-12-9-13-17-30)37-31(39(48)27(2)41-43(37)54-25-53-41)22-34(47)38(46(33)5)36(28)42(40(26)51-7)52-24-50-6/h8-17,20,32-35,38,48-49H,18-19,21-22,24-25H2,1-7H3/t32-,33+,34?,35?,38-/m0/s1. The number of rotatable bonds is 10. The average molecular weight is 762 g/mol. The molecule has 0 aliphatic carbocycles. The number of likely N-dealkylation sites (N-methyl/N-ethyl adjacent to an activating group) is 1. The maximum absolute atomic E-state index is 13.2. The van der Waals surface area contributed by atoms with Gasteiger partial charge in [-0.3, -0.25) is 9.80 Å². The largest absolute Gasteiger partial charge is 0.507 e. The Bertz CT molecular complexity index is 2100. The van der Waals surface area contributed by atoms with Gasteiger partial charge in [-0.1, -0.05) is 80.6 Å². The van der Waals surface area contributed by atoms with Crippen LogP contribution >= 0.6 is 0 Å². The van der Waals surface area contributed by atoms with Crippen molar-refractivity contribution < 1.29 is 33.6 Å². The third-order valence-electron chi connectivity index (χ3n) is 13.0. The lowest BCUT2D eigenvalue weighted by Crippen LogP contribution is -2.68. The molecular weight excluding hydrogens is 711 g/mol. The van der Waals surface area contributed by atoms with Gasteiger partial charge >= 0.3 is 0 Å². The maximum atomic E-state index is 13.2. The van der Waals surface area contributed by atoms with Gasteiger partial charge in [0, 0.05) is 47.5 Å². The van der Waals surface area contributed by atoms with Crippen molar-refractivity contribution in [2.45, 2.75) is 88.6 Å². The zero-order chi connectivity index (χ0) is 38.8. The summed E-state index contributed by atoms with van der Waals surface area (Å²) in [5, 5.41) is 24.6. The van der Waals surface area contributed by atoms with Gasteiger partial charge in [0.05, 0.1) is 19.2 Å². The summed E-state index contributed by atoms with van der Waals surface area (Å²) in [6, 6.07) is 23.8. The van der Waals surface area contributed by atoms with E-state index in [2.05, 4.69) is 67.1 Å². The van der Waals surface area contributed by atoms with Gasteiger partial charge in [-0.15, -0.1) is 0 Å². The molecule has 8 rings (SSSR count). The molecule has 4 heterocycles. The van der Waals surface area contributed by atoms with E-state index in [-0.39, 0.29) is 43.5 Å². The van der Waals surface area contributed by atoms with Crippen LogP contribution in [0, 0.1) is 25.2 Å². The molecule has 2 N–H and O–H groups in total. The molecule has 0 radical (unpaired) electrons. The predicted molar refractivity (Wildman–Crippen MR) is 212 cm³/mol. The number of nitriles is 1. The molecule has 5 atom stereocenters. The number of aryl methyl sites for hydroxylation is 1. The number of hydrogen-bond donors (Lipinski definition) is 2. The lowest BCUT2D eigenvalue weighted by atomic mass is 9.71. The molecule has 10 nitrogen and oxygen atoms in total. The fourth-order valence-electron chi connectivity index (χ4n) is 10.4. The summed E-state index contributed by atoms with van der Waals surface area (Å²) < 4.78 is 30.1. The third-order valence-corrected chi connectivity index (χ3v) is 17.5. The summed E-state index contributed by atoms with van der Waals surface area (Å²) in [7, 11) is 2.01. The van der Waals surface area contributed by atoms with Gasteiger partial charge < -0.3 is 33.6 Å². The van der Waals surface area contributed by atoms with Crippen molar-refractivity contribution in [3.63, 3.8) is 0 Å². The normalized spacial score (nSPS) is 23.0. The molecule has 11 heteroatoms. The third kappa shape index (κ3) is 5.64. The van der Waals surface area contributed by atoms with Gasteiger partial charge in [0.1, 0.15) is 11.8 Å². The highest BCUT2D eigenvalue weighted by Crippen LogP contribution is 2.60. The molecule has 4 aliphatic heterocycles. The van der Waals surface area contributed by atoms with Crippen LogP contribution in [-0.4, -0.2) is 81.0 Å². The van der Waals surface area contributed by atoms with Crippen molar-refractivity contribution in [3.05, 3.63) is 100 Å². The van der Waals surface area contributed by atoms with Crippen LogP contribution in [-0.2, 0) is 17.6 Å². The second kappa shape index (κ2) is 14.2. The minimum Gasteiger partial charge on any atom is -0.507 e. The van der Waals surface area contributed by atoms with E-state index < -0.39 is 19.4 Å². The van der Waals surface area contributed by atoms with E-state index >= 15 is 0 Å². The number of piperazine rings is 1. The Morgan fingerprint density at radius 1 is 0.927 bits per heavy atom. The Balaban J connectivity index is 1.30. The molecule has 0 spiro atoms. The lowest BCUT2D eigenvalue weighted by molar-refractivity contribution is -0.0761. The van der Waals surface area contributed by atoms with Crippen LogP contribution < -0.4 is 29.3 Å². The SMILES string of the molecule is COCOc1c(OC)c(C)cc2c1[C@@H]1C3Cc4c(O)c(C)c5c(c4[C@H](CCC(C)(C)[Si](O)(c4ccccc4)c4ccccc4)N3C(C#N)[C@@H](C2)N1C)OCO5. The topological polar surface area (TPSA) is 117 Å². The molecule has 288 valence electrons. The molecule has 4 aromatic carbocycles. The number of hydrogen-bond acceptors (Lipinski definition) is 10. The van der Waals surface area contributed by atoms with E-state index in [1.54, 1.807) is 14.2 Å². The zero-order valence-corrected chi connectivity index (χ0v) is 33.8. The molecule has 2 bridgehead atoms. The molecule has 4 aromatic rings. The number of aromatic hydroxyl groups is 1. The molecule has 0 saturated carbocycles. The molecule has 0 amide bonds. The molecular formula is C44H51N3O7Si. The summed E-state index contributed by atoms with van der Waals surface area (Å²) in [6.45, 7) is 8.38. The summed E-state index contributed by atoms with van der Waals surface area (Å²) >= 11 is 0. The first-order valence-corrected chi connectivity index (χ1v) is 21.1. The van der Waals surface area contributed by atoms with E-state index in [1.807, 2.05) is 50.2 Å². The van der Waals surface area contributed by atoms with Gasteiger partial charge in [0.25, 0.3) is 8.32 Å². The minimum atomic E-state index is -3.37. The Morgan fingerprint density at radius 2 is 1.58 bits per heavy atom. The second-order valence-electron chi connectivity index (χ2n) is 16.2. The molecule has 55 heavy (non-hydrogen) atoms.